The first kappa shape index (κ1) is 17.7. The number of rotatable bonds is 7. The SMILES string of the molecule is C[C@H](CCc1ccccc1)NC(=O)Cn1nnc(-c2cccc(F)c2)n1. The van der Waals surface area contributed by atoms with E-state index in [0.717, 1.165) is 12.8 Å². The number of nitrogens with zero attached hydrogens (tertiary/aromatic N) is 4. The van der Waals surface area contributed by atoms with Gasteiger partial charge in [0.05, 0.1) is 0 Å². The molecular weight excluding hydrogens is 333 g/mol. The average molecular weight is 353 g/mol. The highest BCUT2D eigenvalue weighted by atomic mass is 19.1. The Morgan fingerprint density at radius 1 is 1.19 bits per heavy atom. The molecule has 0 aliphatic rings. The van der Waals surface area contributed by atoms with Crippen molar-refractivity contribution in [1.29, 1.82) is 0 Å². The van der Waals surface area contributed by atoms with Gasteiger partial charge in [-0.1, -0.05) is 42.5 Å². The minimum atomic E-state index is -0.371. The molecule has 1 atom stereocenters. The molecule has 0 bridgehead atoms. The molecule has 3 aromatic rings. The Labute approximate surface area is 151 Å². The van der Waals surface area contributed by atoms with Gasteiger partial charge in [0, 0.05) is 11.6 Å². The Morgan fingerprint density at radius 2 is 2.00 bits per heavy atom. The number of hydrogen-bond acceptors (Lipinski definition) is 4. The number of nitrogens with one attached hydrogen (secondary N) is 1. The second-order valence-electron chi connectivity index (χ2n) is 6.15. The number of amides is 1. The van der Waals surface area contributed by atoms with Gasteiger partial charge in [-0.05, 0) is 42.7 Å². The van der Waals surface area contributed by atoms with Crippen LogP contribution in [-0.2, 0) is 17.8 Å². The van der Waals surface area contributed by atoms with Gasteiger partial charge in [0.2, 0.25) is 11.7 Å². The van der Waals surface area contributed by atoms with Crippen molar-refractivity contribution in [3.8, 4) is 11.4 Å². The Balaban J connectivity index is 1.50. The van der Waals surface area contributed by atoms with E-state index in [4.69, 9.17) is 0 Å². The van der Waals surface area contributed by atoms with E-state index in [0.29, 0.717) is 5.56 Å². The highest BCUT2D eigenvalue weighted by Crippen LogP contribution is 2.14. The third-order valence-electron chi connectivity index (χ3n) is 3.94. The summed E-state index contributed by atoms with van der Waals surface area (Å²) in [5.74, 6) is -0.271. The van der Waals surface area contributed by atoms with Crippen LogP contribution in [0.2, 0.25) is 0 Å². The molecule has 1 aromatic heterocycles. The van der Waals surface area contributed by atoms with E-state index in [1.165, 1.54) is 22.5 Å². The molecule has 26 heavy (non-hydrogen) atoms. The standard InChI is InChI=1S/C19H20FN5O/c1-14(10-11-15-6-3-2-4-7-15)21-18(26)13-25-23-19(22-24-25)16-8-5-9-17(20)12-16/h2-9,12,14H,10-11,13H2,1H3,(H,21,26)/t14-/m1/s1. The van der Waals surface area contributed by atoms with Crippen molar-refractivity contribution < 1.29 is 9.18 Å². The zero-order valence-corrected chi connectivity index (χ0v) is 14.5. The van der Waals surface area contributed by atoms with Crippen LogP contribution in [0.1, 0.15) is 18.9 Å². The predicted octanol–water partition coefficient (Wildman–Crippen LogP) is 2.62. The molecule has 0 fully saturated rings. The van der Waals surface area contributed by atoms with E-state index in [2.05, 4.69) is 32.9 Å². The van der Waals surface area contributed by atoms with Gasteiger partial charge < -0.3 is 5.32 Å². The molecule has 0 saturated carbocycles. The van der Waals surface area contributed by atoms with Crippen molar-refractivity contribution in [2.24, 2.45) is 0 Å². The summed E-state index contributed by atoms with van der Waals surface area (Å²) in [4.78, 5) is 13.3. The lowest BCUT2D eigenvalue weighted by Gasteiger charge is -2.13. The van der Waals surface area contributed by atoms with Crippen molar-refractivity contribution in [3.05, 3.63) is 66.0 Å². The fourth-order valence-corrected chi connectivity index (χ4v) is 2.60. The van der Waals surface area contributed by atoms with Crippen LogP contribution < -0.4 is 5.32 Å². The maximum Gasteiger partial charge on any atom is 0.243 e. The Bertz CT molecular complexity index is 865. The third-order valence-corrected chi connectivity index (χ3v) is 3.94. The fourth-order valence-electron chi connectivity index (χ4n) is 2.60. The Kier molecular flexibility index (Phi) is 5.68. The second-order valence-corrected chi connectivity index (χ2v) is 6.15. The molecule has 3 rings (SSSR count). The summed E-state index contributed by atoms with van der Waals surface area (Å²) >= 11 is 0. The molecule has 7 heteroatoms. The second kappa shape index (κ2) is 8.33. The average Bonchev–Trinajstić information content (AvgIpc) is 3.09. The van der Waals surface area contributed by atoms with Gasteiger partial charge in [0.15, 0.2) is 0 Å². The number of carbonyl (C=O) groups is 1. The van der Waals surface area contributed by atoms with E-state index in [1.807, 2.05) is 25.1 Å². The lowest BCUT2D eigenvalue weighted by molar-refractivity contribution is -0.122. The highest BCUT2D eigenvalue weighted by Gasteiger charge is 2.12. The zero-order chi connectivity index (χ0) is 18.4. The molecule has 0 aliphatic heterocycles. The molecule has 1 N–H and O–H groups in total. The zero-order valence-electron chi connectivity index (χ0n) is 14.5. The van der Waals surface area contributed by atoms with Crippen LogP contribution in [0.5, 0.6) is 0 Å². The summed E-state index contributed by atoms with van der Waals surface area (Å²) in [6, 6.07) is 16.1. The Hall–Kier alpha value is -3.09. The number of tetrazole rings is 1. The highest BCUT2D eigenvalue weighted by molar-refractivity contribution is 5.75. The van der Waals surface area contributed by atoms with Crippen LogP contribution in [0, 0.1) is 5.82 Å². The van der Waals surface area contributed by atoms with Crippen LogP contribution >= 0.6 is 0 Å². The first-order valence-corrected chi connectivity index (χ1v) is 8.47. The smallest absolute Gasteiger partial charge is 0.243 e. The van der Waals surface area contributed by atoms with Crippen molar-refractivity contribution in [2.75, 3.05) is 0 Å². The molecule has 0 aliphatic carbocycles. The van der Waals surface area contributed by atoms with E-state index in [-0.39, 0.29) is 30.1 Å². The molecule has 0 spiro atoms. The molecule has 6 nitrogen and oxygen atoms in total. The maximum atomic E-state index is 13.3. The lowest BCUT2D eigenvalue weighted by Crippen LogP contribution is -2.35. The fraction of sp³-hybridized carbons (Fsp3) is 0.263. The summed E-state index contributed by atoms with van der Waals surface area (Å²) in [5, 5.41) is 14.8. The summed E-state index contributed by atoms with van der Waals surface area (Å²) in [7, 11) is 0. The van der Waals surface area contributed by atoms with Gasteiger partial charge in [0.1, 0.15) is 12.4 Å². The molecule has 2 aromatic carbocycles. The van der Waals surface area contributed by atoms with Gasteiger partial charge in [-0.15, -0.1) is 10.2 Å². The minimum Gasteiger partial charge on any atom is -0.352 e. The van der Waals surface area contributed by atoms with Gasteiger partial charge in [-0.25, -0.2) is 4.39 Å². The van der Waals surface area contributed by atoms with E-state index >= 15 is 0 Å². The molecule has 1 heterocycles. The van der Waals surface area contributed by atoms with Crippen LogP contribution in [0.4, 0.5) is 4.39 Å². The first-order chi connectivity index (χ1) is 12.6. The monoisotopic (exact) mass is 353 g/mol. The van der Waals surface area contributed by atoms with E-state index < -0.39 is 0 Å². The maximum absolute atomic E-state index is 13.3. The molecule has 0 unspecified atom stereocenters. The van der Waals surface area contributed by atoms with Gasteiger partial charge in [0.25, 0.3) is 0 Å². The van der Waals surface area contributed by atoms with E-state index in [1.54, 1.807) is 12.1 Å². The normalized spacial score (nSPS) is 11.9. The lowest BCUT2D eigenvalue weighted by atomic mass is 10.1. The summed E-state index contributed by atoms with van der Waals surface area (Å²) in [6.07, 6.45) is 1.74. The number of benzene rings is 2. The summed E-state index contributed by atoms with van der Waals surface area (Å²) < 4.78 is 13.3. The number of aryl methyl sites for hydroxylation is 1. The van der Waals surface area contributed by atoms with Gasteiger partial charge in [-0.2, -0.15) is 4.80 Å². The molecule has 0 radical (unpaired) electrons. The van der Waals surface area contributed by atoms with Crippen LogP contribution in [0.3, 0.4) is 0 Å². The van der Waals surface area contributed by atoms with Gasteiger partial charge in [-0.3, -0.25) is 4.79 Å². The Morgan fingerprint density at radius 3 is 2.77 bits per heavy atom. The van der Waals surface area contributed by atoms with Crippen LogP contribution in [-0.4, -0.2) is 32.2 Å². The summed E-state index contributed by atoms with van der Waals surface area (Å²) in [5.41, 5.74) is 1.76. The summed E-state index contributed by atoms with van der Waals surface area (Å²) in [6.45, 7) is 1.94. The first-order valence-electron chi connectivity index (χ1n) is 8.47. The number of carbonyl (C=O) groups excluding carboxylic acids is 1. The minimum absolute atomic E-state index is 0.0298. The number of halogens is 1. The molecule has 1 amide bonds. The van der Waals surface area contributed by atoms with Crippen LogP contribution in [0.25, 0.3) is 11.4 Å². The quantitative estimate of drug-likeness (QED) is 0.709. The molecule has 0 saturated heterocycles. The number of aromatic nitrogens is 4. The van der Waals surface area contributed by atoms with Crippen molar-refractivity contribution in [1.82, 2.24) is 25.5 Å². The van der Waals surface area contributed by atoms with Crippen molar-refractivity contribution >= 4 is 5.91 Å². The predicted molar refractivity (Wildman–Crippen MR) is 95.6 cm³/mol. The van der Waals surface area contributed by atoms with Crippen molar-refractivity contribution in [3.63, 3.8) is 0 Å². The van der Waals surface area contributed by atoms with Gasteiger partial charge >= 0.3 is 0 Å². The van der Waals surface area contributed by atoms with Crippen LogP contribution in [0.15, 0.2) is 54.6 Å². The molecular formula is C19H20FN5O. The van der Waals surface area contributed by atoms with E-state index in [9.17, 15) is 9.18 Å². The third kappa shape index (κ3) is 4.95. The topological polar surface area (TPSA) is 72.7 Å². The molecule has 134 valence electrons. The number of hydrogen-bond donors (Lipinski definition) is 1. The largest absolute Gasteiger partial charge is 0.352 e. The van der Waals surface area contributed by atoms with Crippen molar-refractivity contribution in [2.45, 2.75) is 32.4 Å².